The summed E-state index contributed by atoms with van der Waals surface area (Å²) in [5, 5.41) is 3.21. The molecular weight excluding hydrogens is 288 g/mol. The number of nitrogens with one attached hydrogen (secondary N) is 1. The number of allylic oxidation sites excluding steroid dienone is 2. The van der Waals surface area contributed by atoms with E-state index < -0.39 is 0 Å². The van der Waals surface area contributed by atoms with Gasteiger partial charge in [-0.25, -0.2) is 4.90 Å². The first-order valence-electron chi connectivity index (χ1n) is 7.31. The number of carbonyl (C=O) groups is 2. The molecule has 4 nitrogen and oxygen atoms in total. The first kappa shape index (κ1) is 14.8. The summed E-state index contributed by atoms with van der Waals surface area (Å²) < 4.78 is 0. The van der Waals surface area contributed by atoms with Crippen LogP contribution in [-0.4, -0.2) is 18.4 Å². The summed E-state index contributed by atoms with van der Waals surface area (Å²) in [6.07, 6.45) is 5.53. The predicted octanol–water partition coefficient (Wildman–Crippen LogP) is 3.64. The summed E-state index contributed by atoms with van der Waals surface area (Å²) in [5.74, 6) is -0.555. The van der Waals surface area contributed by atoms with Crippen LogP contribution in [0.25, 0.3) is 0 Å². The Bertz CT molecular complexity index is 756. The van der Waals surface area contributed by atoms with Crippen LogP contribution >= 0.6 is 0 Å². The van der Waals surface area contributed by atoms with Crippen molar-refractivity contribution < 1.29 is 9.59 Å². The fourth-order valence-corrected chi connectivity index (χ4v) is 2.49. The van der Waals surface area contributed by atoms with Gasteiger partial charge in [-0.1, -0.05) is 36.9 Å². The molecule has 0 atom stereocenters. The first-order valence-corrected chi connectivity index (χ1v) is 7.31. The fraction of sp³-hybridized carbons (Fsp3) is 0.0526. The highest BCUT2D eigenvalue weighted by Gasteiger charge is 2.36. The molecule has 1 aliphatic heterocycles. The number of imide groups is 1. The molecule has 0 radical (unpaired) electrons. The van der Waals surface area contributed by atoms with E-state index in [0.29, 0.717) is 23.4 Å². The van der Waals surface area contributed by atoms with Gasteiger partial charge in [0.05, 0.1) is 16.8 Å². The minimum absolute atomic E-state index is 0.278. The molecule has 0 spiro atoms. The second-order valence-corrected chi connectivity index (χ2v) is 5.08. The van der Waals surface area contributed by atoms with Gasteiger partial charge in [-0.2, -0.15) is 0 Å². The zero-order chi connectivity index (χ0) is 16.2. The van der Waals surface area contributed by atoms with Gasteiger partial charge in [0.2, 0.25) is 0 Å². The van der Waals surface area contributed by atoms with Gasteiger partial charge in [0, 0.05) is 12.2 Å². The quantitative estimate of drug-likeness (QED) is 0.677. The third-order valence-electron chi connectivity index (χ3n) is 3.62. The van der Waals surface area contributed by atoms with Crippen molar-refractivity contribution in [3.8, 4) is 0 Å². The summed E-state index contributed by atoms with van der Waals surface area (Å²) >= 11 is 0. The topological polar surface area (TPSA) is 49.4 Å². The van der Waals surface area contributed by atoms with E-state index in [-0.39, 0.29) is 11.8 Å². The lowest BCUT2D eigenvalue weighted by atomic mass is 10.1. The third-order valence-corrected chi connectivity index (χ3v) is 3.62. The maximum atomic E-state index is 12.4. The summed E-state index contributed by atoms with van der Waals surface area (Å²) in [7, 11) is 0. The zero-order valence-corrected chi connectivity index (χ0v) is 12.5. The molecule has 114 valence electrons. The Morgan fingerprint density at radius 1 is 0.957 bits per heavy atom. The van der Waals surface area contributed by atoms with E-state index in [1.165, 1.54) is 4.90 Å². The van der Waals surface area contributed by atoms with E-state index in [9.17, 15) is 9.59 Å². The molecule has 1 heterocycles. The summed E-state index contributed by atoms with van der Waals surface area (Å²) in [4.78, 5) is 26.0. The van der Waals surface area contributed by atoms with Crippen molar-refractivity contribution in [2.24, 2.45) is 0 Å². The van der Waals surface area contributed by atoms with Crippen molar-refractivity contribution in [3.63, 3.8) is 0 Å². The van der Waals surface area contributed by atoms with Crippen LogP contribution in [0.4, 0.5) is 11.4 Å². The van der Waals surface area contributed by atoms with Crippen LogP contribution < -0.4 is 10.2 Å². The highest BCUT2D eigenvalue weighted by Crippen LogP contribution is 2.28. The highest BCUT2D eigenvalue weighted by molar-refractivity contribution is 6.34. The molecule has 0 saturated carbocycles. The van der Waals surface area contributed by atoms with Crippen molar-refractivity contribution >= 4 is 23.2 Å². The average Bonchev–Trinajstić information content (AvgIpc) is 2.84. The number of carbonyl (C=O) groups excluding carboxylic acids is 2. The van der Waals surface area contributed by atoms with Gasteiger partial charge in [-0.3, -0.25) is 9.59 Å². The lowest BCUT2D eigenvalue weighted by molar-refractivity contribution is 0.0926. The molecule has 3 rings (SSSR count). The third kappa shape index (κ3) is 2.79. The molecule has 0 fully saturated rings. The molecule has 0 aliphatic carbocycles. The molecule has 0 saturated heterocycles. The van der Waals surface area contributed by atoms with E-state index in [1.54, 1.807) is 42.5 Å². The normalized spacial score (nSPS) is 13.5. The fourth-order valence-electron chi connectivity index (χ4n) is 2.49. The standard InChI is InChI=1S/C19H16N2O2/c1-2-3-6-13-20-14-9-11-15(12-10-14)21-18(22)16-7-4-5-8-17(16)19(21)23/h2-12,20H,1,13H2/b6-3-. The van der Waals surface area contributed by atoms with Crippen LogP contribution in [0.3, 0.4) is 0 Å². The summed E-state index contributed by atoms with van der Waals surface area (Å²) in [5.41, 5.74) is 2.39. The minimum atomic E-state index is -0.278. The molecule has 2 amide bonds. The Labute approximate surface area is 134 Å². The predicted molar refractivity (Wildman–Crippen MR) is 91.9 cm³/mol. The van der Waals surface area contributed by atoms with E-state index in [2.05, 4.69) is 11.9 Å². The van der Waals surface area contributed by atoms with Gasteiger partial charge in [0.25, 0.3) is 11.8 Å². The Balaban J connectivity index is 1.78. The Morgan fingerprint density at radius 3 is 2.13 bits per heavy atom. The number of amides is 2. The Kier molecular flexibility index (Phi) is 4.06. The van der Waals surface area contributed by atoms with Crippen LogP contribution in [-0.2, 0) is 0 Å². The lowest BCUT2D eigenvalue weighted by Gasteiger charge is -2.14. The SMILES string of the molecule is C=C/C=C\CNc1ccc(N2C(=O)c3ccccc3C2=O)cc1. The summed E-state index contributed by atoms with van der Waals surface area (Å²) in [6, 6.07) is 14.1. The van der Waals surface area contributed by atoms with Crippen molar-refractivity contribution in [1.82, 2.24) is 0 Å². The van der Waals surface area contributed by atoms with Crippen LogP contribution in [0.5, 0.6) is 0 Å². The molecule has 0 unspecified atom stereocenters. The van der Waals surface area contributed by atoms with Crippen molar-refractivity contribution in [2.45, 2.75) is 0 Å². The average molecular weight is 304 g/mol. The molecule has 2 aromatic carbocycles. The van der Waals surface area contributed by atoms with Crippen molar-refractivity contribution in [1.29, 1.82) is 0 Å². The van der Waals surface area contributed by atoms with Crippen LogP contribution in [0.2, 0.25) is 0 Å². The molecule has 2 aromatic rings. The second kappa shape index (κ2) is 6.32. The molecule has 1 aliphatic rings. The molecule has 1 N–H and O–H groups in total. The minimum Gasteiger partial charge on any atom is -0.382 e. The molecule has 0 aromatic heterocycles. The van der Waals surface area contributed by atoms with E-state index in [1.807, 2.05) is 24.3 Å². The number of fused-ring (bicyclic) bond motifs is 1. The van der Waals surface area contributed by atoms with Crippen LogP contribution in [0.15, 0.2) is 73.3 Å². The number of nitrogens with zero attached hydrogens (tertiary/aromatic N) is 1. The van der Waals surface area contributed by atoms with Crippen molar-refractivity contribution in [2.75, 3.05) is 16.8 Å². The second-order valence-electron chi connectivity index (χ2n) is 5.08. The molecule has 0 bridgehead atoms. The van der Waals surface area contributed by atoms with Gasteiger partial charge >= 0.3 is 0 Å². The van der Waals surface area contributed by atoms with E-state index in [4.69, 9.17) is 0 Å². The molecule has 23 heavy (non-hydrogen) atoms. The van der Waals surface area contributed by atoms with Gasteiger partial charge in [-0.15, -0.1) is 0 Å². The number of anilines is 2. The van der Waals surface area contributed by atoms with Gasteiger partial charge in [0.15, 0.2) is 0 Å². The summed E-state index contributed by atoms with van der Waals surface area (Å²) in [6.45, 7) is 4.29. The Hall–Kier alpha value is -3.14. The van der Waals surface area contributed by atoms with Gasteiger partial charge in [0.1, 0.15) is 0 Å². The Morgan fingerprint density at radius 2 is 1.57 bits per heavy atom. The number of hydrogen-bond donors (Lipinski definition) is 1. The number of benzene rings is 2. The maximum absolute atomic E-state index is 12.4. The molecular formula is C19H16N2O2. The van der Waals surface area contributed by atoms with Gasteiger partial charge in [-0.05, 0) is 36.4 Å². The van der Waals surface area contributed by atoms with Gasteiger partial charge < -0.3 is 5.32 Å². The number of rotatable bonds is 5. The van der Waals surface area contributed by atoms with Crippen LogP contribution in [0.1, 0.15) is 20.7 Å². The zero-order valence-electron chi connectivity index (χ0n) is 12.5. The number of hydrogen-bond acceptors (Lipinski definition) is 3. The monoisotopic (exact) mass is 304 g/mol. The largest absolute Gasteiger partial charge is 0.382 e. The maximum Gasteiger partial charge on any atom is 0.266 e. The molecule has 4 heteroatoms. The van der Waals surface area contributed by atoms with E-state index >= 15 is 0 Å². The van der Waals surface area contributed by atoms with E-state index in [0.717, 1.165) is 5.69 Å². The lowest BCUT2D eigenvalue weighted by Crippen LogP contribution is -2.29. The smallest absolute Gasteiger partial charge is 0.266 e. The first-order chi connectivity index (χ1) is 11.2. The highest BCUT2D eigenvalue weighted by atomic mass is 16.2. The van der Waals surface area contributed by atoms with Crippen LogP contribution in [0, 0.1) is 0 Å². The van der Waals surface area contributed by atoms with Crippen molar-refractivity contribution in [3.05, 3.63) is 84.5 Å².